The number of nitrogens with one attached hydrogen (secondary N) is 1. The molecule has 0 bridgehead atoms. The van der Waals surface area contributed by atoms with Crippen molar-refractivity contribution in [3.8, 4) is 0 Å². The summed E-state index contributed by atoms with van der Waals surface area (Å²) in [5.41, 5.74) is 1.91. The summed E-state index contributed by atoms with van der Waals surface area (Å²) in [6.07, 6.45) is 1.32. The average Bonchev–Trinajstić information content (AvgIpc) is 2.82. The highest BCUT2D eigenvalue weighted by Gasteiger charge is 2.51. The SMILES string of the molecule is C[C@H]1CN(Cc2ccccc2)[C@]12CCNC2. The van der Waals surface area contributed by atoms with Gasteiger partial charge < -0.3 is 5.32 Å². The third-order valence-corrected chi connectivity index (χ3v) is 4.42. The van der Waals surface area contributed by atoms with Gasteiger partial charge in [-0.15, -0.1) is 0 Å². The van der Waals surface area contributed by atoms with Crippen molar-refractivity contribution >= 4 is 0 Å². The molecule has 2 aliphatic rings. The molecule has 2 aliphatic heterocycles. The predicted molar refractivity (Wildman–Crippen MR) is 66.2 cm³/mol. The molecule has 0 saturated carbocycles. The normalized spacial score (nSPS) is 34.2. The fraction of sp³-hybridized carbons (Fsp3) is 0.571. The Hall–Kier alpha value is -0.860. The standard InChI is InChI=1S/C14H20N2/c1-12-9-16(14(12)7-8-15-11-14)10-13-5-3-2-4-6-13/h2-6,12,15H,7-11H2,1H3/t12-,14-/m0/s1. The molecule has 0 aromatic heterocycles. The number of likely N-dealkylation sites (tertiary alicyclic amines) is 1. The van der Waals surface area contributed by atoms with E-state index in [1.54, 1.807) is 0 Å². The lowest BCUT2D eigenvalue weighted by atomic mass is 9.74. The van der Waals surface area contributed by atoms with Crippen LogP contribution in [-0.4, -0.2) is 30.1 Å². The highest BCUT2D eigenvalue weighted by molar-refractivity contribution is 5.18. The van der Waals surface area contributed by atoms with Gasteiger partial charge in [0.05, 0.1) is 0 Å². The Labute approximate surface area is 97.6 Å². The number of benzene rings is 1. The maximum atomic E-state index is 3.52. The van der Waals surface area contributed by atoms with Gasteiger partial charge in [-0.2, -0.15) is 0 Å². The molecule has 1 spiro atoms. The van der Waals surface area contributed by atoms with E-state index in [1.807, 2.05) is 0 Å². The molecule has 16 heavy (non-hydrogen) atoms. The zero-order valence-electron chi connectivity index (χ0n) is 9.95. The second-order valence-corrected chi connectivity index (χ2v) is 5.30. The van der Waals surface area contributed by atoms with E-state index in [4.69, 9.17) is 0 Å². The summed E-state index contributed by atoms with van der Waals surface area (Å²) in [6, 6.07) is 10.8. The van der Waals surface area contributed by atoms with Crippen LogP contribution in [0.25, 0.3) is 0 Å². The van der Waals surface area contributed by atoms with Crippen LogP contribution in [0, 0.1) is 5.92 Å². The lowest BCUT2D eigenvalue weighted by molar-refractivity contribution is -0.0659. The second kappa shape index (κ2) is 3.86. The molecule has 2 atom stereocenters. The number of hydrogen-bond acceptors (Lipinski definition) is 2. The number of hydrogen-bond donors (Lipinski definition) is 1. The fourth-order valence-corrected chi connectivity index (χ4v) is 3.30. The van der Waals surface area contributed by atoms with Crippen molar-refractivity contribution in [2.24, 2.45) is 5.92 Å². The summed E-state index contributed by atoms with van der Waals surface area (Å²) in [5.74, 6) is 0.853. The largest absolute Gasteiger partial charge is 0.315 e. The van der Waals surface area contributed by atoms with Crippen LogP contribution in [-0.2, 0) is 6.54 Å². The summed E-state index contributed by atoms with van der Waals surface area (Å²) >= 11 is 0. The Kier molecular flexibility index (Phi) is 2.49. The molecule has 1 aromatic carbocycles. The van der Waals surface area contributed by atoms with Gasteiger partial charge in [0.25, 0.3) is 0 Å². The molecule has 2 heterocycles. The molecule has 2 saturated heterocycles. The van der Waals surface area contributed by atoms with E-state index >= 15 is 0 Å². The zero-order chi connectivity index (χ0) is 11.0. The van der Waals surface area contributed by atoms with Gasteiger partial charge in [0.1, 0.15) is 0 Å². The number of nitrogens with zero attached hydrogens (tertiary/aromatic N) is 1. The lowest BCUT2D eigenvalue weighted by Gasteiger charge is -2.56. The van der Waals surface area contributed by atoms with Crippen molar-refractivity contribution in [1.29, 1.82) is 0 Å². The second-order valence-electron chi connectivity index (χ2n) is 5.30. The van der Waals surface area contributed by atoms with Gasteiger partial charge in [0, 0.05) is 25.2 Å². The molecular weight excluding hydrogens is 196 g/mol. The van der Waals surface area contributed by atoms with Crippen molar-refractivity contribution in [3.63, 3.8) is 0 Å². The van der Waals surface area contributed by atoms with E-state index in [-0.39, 0.29) is 0 Å². The summed E-state index contributed by atoms with van der Waals surface area (Å²) < 4.78 is 0. The van der Waals surface area contributed by atoms with E-state index in [2.05, 4.69) is 47.5 Å². The fourth-order valence-electron chi connectivity index (χ4n) is 3.30. The minimum Gasteiger partial charge on any atom is -0.315 e. The molecule has 0 amide bonds. The van der Waals surface area contributed by atoms with Gasteiger partial charge in [-0.3, -0.25) is 4.90 Å². The van der Waals surface area contributed by atoms with Gasteiger partial charge >= 0.3 is 0 Å². The van der Waals surface area contributed by atoms with Crippen molar-refractivity contribution in [1.82, 2.24) is 10.2 Å². The topological polar surface area (TPSA) is 15.3 Å². The van der Waals surface area contributed by atoms with Crippen molar-refractivity contribution < 1.29 is 0 Å². The molecule has 0 aliphatic carbocycles. The van der Waals surface area contributed by atoms with Crippen molar-refractivity contribution in [3.05, 3.63) is 35.9 Å². The Bertz CT molecular complexity index is 354. The van der Waals surface area contributed by atoms with Crippen LogP contribution in [0.1, 0.15) is 18.9 Å². The first-order valence-corrected chi connectivity index (χ1v) is 6.31. The third-order valence-electron chi connectivity index (χ3n) is 4.42. The van der Waals surface area contributed by atoms with E-state index in [9.17, 15) is 0 Å². The van der Waals surface area contributed by atoms with Gasteiger partial charge in [-0.25, -0.2) is 0 Å². The Balaban J connectivity index is 1.73. The third kappa shape index (κ3) is 1.48. The summed E-state index contributed by atoms with van der Waals surface area (Å²) in [5, 5.41) is 3.52. The molecule has 1 aromatic rings. The Morgan fingerprint density at radius 1 is 1.38 bits per heavy atom. The highest BCUT2D eigenvalue weighted by atomic mass is 15.3. The van der Waals surface area contributed by atoms with Crippen LogP contribution in [0.15, 0.2) is 30.3 Å². The summed E-state index contributed by atoms with van der Waals surface area (Å²) in [7, 11) is 0. The minimum absolute atomic E-state index is 0.468. The highest BCUT2D eigenvalue weighted by Crippen LogP contribution is 2.41. The summed E-state index contributed by atoms with van der Waals surface area (Å²) in [6.45, 7) is 7.15. The first-order valence-electron chi connectivity index (χ1n) is 6.31. The van der Waals surface area contributed by atoms with Crippen LogP contribution in [0.2, 0.25) is 0 Å². The van der Waals surface area contributed by atoms with Gasteiger partial charge in [0.2, 0.25) is 0 Å². The van der Waals surface area contributed by atoms with Gasteiger partial charge in [-0.05, 0) is 24.4 Å². The molecule has 2 nitrogen and oxygen atoms in total. The molecule has 2 fully saturated rings. The minimum atomic E-state index is 0.468. The molecular formula is C14H20N2. The lowest BCUT2D eigenvalue weighted by Crippen LogP contribution is -2.66. The van der Waals surface area contributed by atoms with Crippen molar-refractivity contribution in [2.45, 2.75) is 25.4 Å². The quantitative estimate of drug-likeness (QED) is 0.812. The summed E-state index contributed by atoms with van der Waals surface area (Å²) in [4.78, 5) is 2.66. The molecule has 86 valence electrons. The molecule has 0 unspecified atom stereocenters. The molecule has 2 heteroatoms. The van der Waals surface area contributed by atoms with Crippen LogP contribution < -0.4 is 5.32 Å². The van der Waals surface area contributed by atoms with E-state index in [0.29, 0.717) is 5.54 Å². The van der Waals surface area contributed by atoms with E-state index in [0.717, 1.165) is 12.5 Å². The van der Waals surface area contributed by atoms with Gasteiger partial charge in [-0.1, -0.05) is 37.3 Å². The van der Waals surface area contributed by atoms with Gasteiger partial charge in [0.15, 0.2) is 0 Å². The van der Waals surface area contributed by atoms with Crippen LogP contribution in [0.4, 0.5) is 0 Å². The van der Waals surface area contributed by atoms with Crippen molar-refractivity contribution in [2.75, 3.05) is 19.6 Å². The predicted octanol–water partition coefficient (Wildman–Crippen LogP) is 1.87. The molecule has 0 radical (unpaired) electrons. The van der Waals surface area contributed by atoms with Crippen LogP contribution >= 0.6 is 0 Å². The maximum absolute atomic E-state index is 3.52. The average molecular weight is 216 g/mol. The smallest absolute Gasteiger partial charge is 0.0387 e. The first-order chi connectivity index (χ1) is 7.81. The zero-order valence-corrected chi connectivity index (χ0v) is 9.95. The van der Waals surface area contributed by atoms with E-state index in [1.165, 1.54) is 31.6 Å². The number of rotatable bonds is 2. The molecule has 1 N–H and O–H groups in total. The van der Waals surface area contributed by atoms with Crippen LogP contribution in [0.5, 0.6) is 0 Å². The Morgan fingerprint density at radius 3 is 2.81 bits per heavy atom. The first kappa shape index (κ1) is 10.3. The van der Waals surface area contributed by atoms with E-state index < -0.39 is 0 Å². The Morgan fingerprint density at radius 2 is 2.19 bits per heavy atom. The maximum Gasteiger partial charge on any atom is 0.0387 e. The monoisotopic (exact) mass is 216 g/mol. The molecule has 3 rings (SSSR count). The van der Waals surface area contributed by atoms with Crippen LogP contribution in [0.3, 0.4) is 0 Å².